The second-order valence-corrected chi connectivity index (χ2v) is 3.60. The molecule has 0 saturated heterocycles. The van der Waals surface area contributed by atoms with Crippen molar-refractivity contribution < 1.29 is 14.9 Å². The number of ether oxygens (including phenoxy) is 1. The summed E-state index contributed by atoms with van der Waals surface area (Å²) in [6, 6.07) is 0. The summed E-state index contributed by atoms with van der Waals surface area (Å²) in [5.74, 6) is 0.889. The summed E-state index contributed by atoms with van der Waals surface area (Å²) >= 11 is 0. The highest BCUT2D eigenvalue weighted by atomic mass is 16.5. The van der Waals surface area contributed by atoms with Gasteiger partial charge in [-0.3, -0.25) is 0 Å². The zero-order valence-corrected chi connectivity index (χ0v) is 8.80. The Morgan fingerprint density at radius 1 is 1.60 bits per heavy atom. The third-order valence-electron chi connectivity index (χ3n) is 2.41. The number of aliphatic hydroxyl groups excluding tert-OH is 2. The highest BCUT2D eigenvalue weighted by Crippen LogP contribution is 2.23. The van der Waals surface area contributed by atoms with E-state index in [-0.39, 0.29) is 12.5 Å². The fourth-order valence-electron chi connectivity index (χ4n) is 1.61. The lowest BCUT2D eigenvalue weighted by Gasteiger charge is -2.23. The van der Waals surface area contributed by atoms with E-state index in [0.717, 1.165) is 5.76 Å². The minimum Gasteiger partial charge on any atom is -0.496 e. The van der Waals surface area contributed by atoms with Gasteiger partial charge < -0.3 is 20.7 Å². The maximum absolute atomic E-state index is 9.75. The zero-order chi connectivity index (χ0) is 11.1. The van der Waals surface area contributed by atoms with Gasteiger partial charge in [0.25, 0.3) is 0 Å². The van der Waals surface area contributed by atoms with Crippen LogP contribution >= 0.6 is 0 Å². The van der Waals surface area contributed by atoms with Gasteiger partial charge in [0.15, 0.2) is 0 Å². The first kappa shape index (κ1) is 12.2. The van der Waals surface area contributed by atoms with Crippen molar-refractivity contribution in [3.63, 3.8) is 0 Å². The van der Waals surface area contributed by atoms with Crippen LogP contribution < -0.4 is 5.73 Å². The highest BCUT2D eigenvalue weighted by molar-refractivity contribution is 5.16. The molecule has 1 aliphatic rings. The summed E-state index contributed by atoms with van der Waals surface area (Å²) in [5.41, 5.74) is 5.39. The van der Waals surface area contributed by atoms with Crippen LogP contribution in [0.4, 0.5) is 0 Å². The molecule has 4 heteroatoms. The maximum atomic E-state index is 9.75. The van der Waals surface area contributed by atoms with Crippen molar-refractivity contribution in [2.75, 3.05) is 19.8 Å². The van der Waals surface area contributed by atoms with Crippen molar-refractivity contribution >= 4 is 0 Å². The molecule has 0 fully saturated rings. The average Bonchev–Trinajstić information content (AvgIpc) is 2.27. The molecule has 0 amide bonds. The minimum absolute atomic E-state index is 0.0110. The molecule has 86 valence electrons. The molecule has 0 aromatic rings. The van der Waals surface area contributed by atoms with Gasteiger partial charge in [-0.25, -0.2) is 0 Å². The Balaban J connectivity index is 2.40. The lowest BCUT2D eigenvalue weighted by atomic mass is 9.92. The summed E-state index contributed by atoms with van der Waals surface area (Å²) in [6.45, 7) is 0.804. The molecule has 4 nitrogen and oxygen atoms in total. The van der Waals surface area contributed by atoms with Gasteiger partial charge in [-0.1, -0.05) is 12.2 Å². The Morgan fingerprint density at radius 2 is 2.40 bits per heavy atom. The van der Waals surface area contributed by atoms with Gasteiger partial charge in [-0.05, 0) is 19.0 Å². The van der Waals surface area contributed by atoms with Gasteiger partial charge in [0, 0.05) is 12.3 Å². The standard InChI is InChI=1S/C11H19NO3/c12-5-4-11(14)9-2-1-3-10(8-9)15-7-6-13/h1-3,9,11,13-14H,4-8,12H2. The zero-order valence-electron chi connectivity index (χ0n) is 8.80. The van der Waals surface area contributed by atoms with Crippen LogP contribution in [0.1, 0.15) is 12.8 Å². The van der Waals surface area contributed by atoms with Crippen LogP contribution in [-0.2, 0) is 4.74 Å². The maximum Gasteiger partial charge on any atom is 0.111 e. The second-order valence-electron chi connectivity index (χ2n) is 3.60. The largest absolute Gasteiger partial charge is 0.496 e. The van der Waals surface area contributed by atoms with Gasteiger partial charge >= 0.3 is 0 Å². The van der Waals surface area contributed by atoms with Crippen LogP contribution in [0.2, 0.25) is 0 Å². The fourth-order valence-corrected chi connectivity index (χ4v) is 1.61. The molecule has 0 heterocycles. The first-order valence-electron chi connectivity index (χ1n) is 5.27. The molecule has 15 heavy (non-hydrogen) atoms. The van der Waals surface area contributed by atoms with E-state index >= 15 is 0 Å². The SMILES string of the molecule is NCCC(O)C1C=CC=C(OCCO)C1. The smallest absolute Gasteiger partial charge is 0.111 e. The van der Waals surface area contributed by atoms with Gasteiger partial charge in [0.05, 0.1) is 18.5 Å². The normalized spacial score (nSPS) is 22.3. The number of nitrogens with two attached hydrogens (primary N) is 1. The molecular weight excluding hydrogens is 194 g/mol. The third kappa shape index (κ3) is 4.03. The van der Waals surface area contributed by atoms with Crippen molar-refractivity contribution in [3.05, 3.63) is 24.0 Å². The predicted molar refractivity (Wildman–Crippen MR) is 58.0 cm³/mol. The van der Waals surface area contributed by atoms with Crippen LogP contribution in [0, 0.1) is 5.92 Å². The lowest BCUT2D eigenvalue weighted by molar-refractivity contribution is 0.0963. The van der Waals surface area contributed by atoms with Crippen molar-refractivity contribution in [3.8, 4) is 0 Å². The molecule has 0 spiro atoms. The molecule has 2 atom stereocenters. The number of hydrogen-bond acceptors (Lipinski definition) is 4. The first-order chi connectivity index (χ1) is 7.27. The topological polar surface area (TPSA) is 75.7 Å². The second kappa shape index (κ2) is 6.61. The van der Waals surface area contributed by atoms with Crippen molar-refractivity contribution in [2.45, 2.75) is 18.9 Å². The summed E-state index contributed by atoms with van der Waals surface area (Å²) in [4.78, 5) is 0. The Bertz CT molecular complexity index is 238. The third-order valence-corrected chi connectivity index (χ3v) is 2.41. The van der Waals surface area contributed by atoms with Crippen LogP contribution in [0.5, 0.6) is 0 Å². The monoisotopic (exact) mass is 213 g/mol. The predicted octanol–water partition coefficient (Wildman–Crippen LogP) is 0.165. The van der Waals surface area contributed by atoms with E-state index < -0.39 is 6.10 Å². The number of rotatable bonds is 6. The Labute approximate surface area is 90.0 Å². The van der Waals surface area contributed by atoms with Gasteiger partial charge in [-0.15, -0.1) is 0 Å². The van der Waals surface area contributed by atoms with E-state index in [1.54, 1.807) is 0 Å². The molecule has 0 aliphatic heterocycles. The Kier molecular flexibility index (Phi) is 5.39. The fraction of sp³-hybridized carbons (Fsp3) is 0.636. The minimum atomic E-state index is -0.410. The summed E-state index contributed by atoms with van der Waals surface area (Å²) < 4.78 is 5.31. The number of allylic oxidation sites excluding steroid dienone is 3. The van der Waals surface area contributed by atoms with E-state index in [2.05, 4.69) is 0 Å². The molecule has 0 radical (unpaired) electrons. The molecule has 2 unspecified atom stereocenters. The van der Waals surface area contributed by atoms with Gasteiger partial charge in [0.1, 0.15) is 6.61 Å². The molecule has 0 aromatic heterocycles. The van der Waals surface area contributed by atoms with Crippen molar-refractivity contribution in [1.29, 1.82) is 0 Å². The van der Waals surface area contributed by atoms with Gasteiger partial charge in [-0.2, -0.15) is 0 Å². The van der Waals surface area contributed by atoms with E-state index in [4.69, 9.17) is 15.6 Å². The van der Waals surface area contributed by atoms with E-state index in [1.807, 2.05) is 18.2 Å². The summed E-state index contributed by atoms with van der Waals surface area (Å²) in [5, 5.41) is 18.4. The summed E-state index contributed by atoms with van der Waals surface area (Å²) in [6.07, 6.45) is 6.57. The molecule has 1 rings (SSSR count). The molecule has 0 bridgehead atoms. The summed E-state index contributed by atoms with van der Waals surface area (Å²) in [7, 11) is 0. The van der Waals surface area contributed by atoms with Crippen molar-refractivity contribution in [2.24, 2.45) is 11.7 Å². The molecule has 1 aliphatic carbocycles. The van der Waals surface area contributed by atoms with Crippen molar-refractivity contribution in [1.82, 2.24) is 0 Å². The van der Waals surface area contributed by atoms with Crippen LogP contribution in [0.25, 0.3) is 0 Å². The van der Waals surface area contributed by atoms with Gasteiger partial charge in [0.2, 0.25) is 0 Å². The molecular formula is C11H19NO3. The average molecular weight is 213 g/mol. The van der Waals surface area contributed by atoms with E-state index in [0.29, 0.717) is 26.0 Å². The quantitative estimate of drug-likeness (QED) is 0.587. The van der Waals surface area contributed by atoms with Crippen LogP contribution in [0.15, 0.2) is 24.0 Å². The molecule has 0 saturated carbocycles. The molecule has 0 aromatic carbocycles. The van der Waals surface area contributed by atoms with E-state index in [9.17, 15) is 5.11 Å². The first-order valence-corrected chi connectivity index (χ1v) is 5.27. The Hall–Kier alpha value is -0.840. The lowest BCUT2D eigenvalue weighted by Crippen LogP contribution is -2.24. The number of aliphatic hydroxyl groups is 2. The number of hydrogen-bond donors (Lipinski definition) is 3. The molecule has 4 N–H and O–H groups in total. The highest BCUT2D eigenvalue weighted by Gasteiger charge is 2.19. The van der Waals surface area contributed by atoms with E-state index in [1.165, 1.54) is 0 Å². The van der Waals surface area contributed by atoms with Crippen LogP contribution in [0.3, 0.4) is 0 Å². The van der Waals surface area contributed by atoms with Crippen LogP contribution in [-0.4, -0.2) is 36.1 Å². The Morgan fingerprint density at radius 3 is 3.07 bits per heavy atom.